The van der Waals surface area contributed by atoms with Crippen LogP contribution in [0.4, 0.5) is 11.5 Å². The number of amidine groups is 1. The molecule has 0 bridgehead atoms. The zero-order valence-corrected chi connectivity index (χ0v) is 11.7. The first-order valence-electron chi connectivity index (χ1n) is 6.14. The Morgan fingerprint density at radius 2 is 2.00 bits per heavy atom. The smallest absolute Gasteiger partial charge is 0.190 e. The van der Waals surface area contributed by atoms with Gasteiger partial charge in [-0.1, -0.05) is 22.9 Å². The number of aromatic nitrogens is 2. The lowest BCUT2D eigenvalue weighted by atomic mass is 10.1. The Morgan fingerprint density at radius 1 is 1.25 bits per heavy atom. The number of rotatable bonds is 3. The maximum Gasteiger partial charge on any atom is 0.190 e. The monoisotopic (exact) mass is 271 g/mol. The van der Waals surface area contributed by atoms with Gasteiger partial charge in [-0.3, -0.25) is 0 Å². The number of benzene rings is 1. The summed E-state index contributed by atoms with van der Waals surface area (Å²) < 4.78 is 0. The third-order valence-electron chi connectivity index (χ3n) is 3.07. The molecule has 0 saturated carbocycles. The highest BCUT2D eigenvalue weighted by Gasteiger charge is 2.10. The Bertz CT molecular complexity index is 637. The quantitative estimate of drug-likeness (QED) is 0.385. The third-order valence-corrected chi connectivity index (χ3v) is 3.07. The first-order valence-corrected chi connectivity index (χ1v) is 6.14. The summed E-state index contributed by atoms with van der Waals surface area (Å²) in [5, 5.41) is 11.5. The van der Waals surface area contributed by atoms with Crippen molar-refractivity contribution >= 4 is 17.3 Å². The lowest BCUT2D eigenvalue weighted by molar-refractivity contribution is 0.318. The lowest BCUT2D eigenvalue weighted by Crippen LogP contribution is -2.17. The van der Waals surface area contributed by atoms with Crippen LogP contribution in [0.5, 0.6) is 0 Å². The highest BCUT2D eigenvalue weighted by molar-refractivity contribution is 5.94. The van der Waals surface area contributed by atoms with Gasteiger partial charge in [0.25, 0.3) is 0 Å². The molecule has 1 aromatic carbocycles. The molecular weight excluding hydrogens is 254 g/mol. The van der Waals surface area contributed by atoms with Crippen molar-refractivity contribution in [2.24, 2.45) is 10.9 Å². The van der Waals surface area contributed by atoms with Gasteiger partial charge >= 0.3 is 0 Å². The number of nitrogens with two attached hydrogens (primary N) is 1. The second-order valence-electron chi connectivity index (χ2n) is 4.59. The van der Waals surface area contributed by atoms with E-state index in [1.165, 1.54) is 11.8 Å². The molecule has 104 valence electrons. The molecule has 20 heavy (non-hydrogen) atoms. The summed E-state index contributed by atoms with van der Waals surface area (Å²) in [4.78, 5) is 10.3. The molecule has 0 saturated heterocycles. The van der Waals surface area contributed by atoms with E-state index in [0.29, 0.717) is 11.5 Å². The van der Waals surface area contributed by atoms with Gasteiger partial charge in [0.2, 0.25) is 0 Å². The summed E-state index contributed by atoms with van der Waals surface area (Å²) in [7, 11) is 1.92. The minimum absolute atomic E-state index is 0.0572. The molecule has 6 heteroatoms. The Labute approximate surface area is 117 Å². The molecule has 0 atom stereocenters. The average Bonchev–Trinajstić information content (AvgIpc) is 2.46. The van der Waals surface area contributed by atoms with Crippen LogP contribution in [0.1, 0.15) is 16.8 Å². The van der Waals surface area contributed by atoms with Crippen molar-refractivity contribution in [2.75, 3.05) is 11.9 Å². The van der Waals surface area contributed by atoms with E-state index >= 15 is 0 Å². The largest absolute Gasteiger partial charge is 0.409 e. The summed E-state index contributed by atoms with van der Waals surface area (Å²) >= 11 is 0. The van der Waals surface area contributed by atoms with Crippen LogP contribution >= 0.6 is 0 Å². The number of aryl methyl sites for hydroxylation is 2. The van der Waals surface area contributed by atoms with E-state index in [2.05, 4.69) is 41.1 Å². The zero-order chi connectivity index (χ0) is 14.7. The fraction of sp³-hybridized carbons (Fsp3) is 0.214. The van der Waals surface area contributed by atoms with Crippen LogP contribution in [0.25, 0.3) is 0 Å². The van der Waals surface area contributed by atoms with Gasteiger partial charge in [0.1, 0.15) is 5.69 Å². The van der Waals surface area contributed by atoms with Crippen molar-refractivity contribution in [3.8, 4) is 0 Å². The van der Waals surface area contributed by atoms with Gasteiger partial charge < -0.3 is 15.8 Å². The molecule has 0 fully saturated rings. The van der Waals surface area contributed by atoms with Crippen molar-refractivity contribution < 1.29 is 5.21 Å². The highest BCUT2D eigenvalue weighted by Crippen LogP contribution is 2.25. The Hall–Kier alpha value is -2.63. The summed E-state index contributed by atoms with van der Waals surface area (Å²) in [6.45, 7) is 4.11. The van der Waals surface area contributed by atoms with E-state index in [4.69, 9.17) is 10.9 Å². The lowest BCUT2D eigenvalue weighted by Gasteiger charge is -2.20. The van der Waals surface area contributed by atoms with Crippen LogP contribution < -0.4 is 10.6 Å². The molecule has 1 aromatic heterocycles. The molecule has 2 aromatic rings. The van der Waals surface area contributed by atoms with Crippen molar-refractivity contribution in [3.05, 3.63) is 47.4 Å². The van der Waals surface area contributed by atoms with E-state index < -0.39 is 0 Å². The minimum Gasteiger partial charge on any atom is -0.409 e. The number of hydrogen-bond acceptors (Lipinski definition) is 5. The Morgan fingerprint density at radius 3 is 2.55 bits per heavy atom. The Kier molecular flexibility index (Phi) is 3.84. The maximum absolute atomic E-state index is 8.59. The second-order valence-corrected chi connectivity index (χ2v) is 4.59. The predicted octanol–water partition coefficient (Wildman–Crippen LogP) is 1.96. The van der Waals surface area contributed by atoms with E-state index in [9.17, 15) is 0 Å². The van der Waals surface area contributed by atoms with Crippen LogP contribution in [0.3, 0.4) is 0 Å². The molecule has 1 heterocycles. The molecular formula is C14H17N5O. The Balaban J connectivity index is 2.31. The summed E-state index contributed by atoms with van der Waals surface area (Å²) in [6.07, 6.45) is 3.07. The van der Waals surface area contributed by atoms with E-state index in [1.807, 2.05) is 18.0 Å². The van der Waals surface area contributed by atoms with Crippen LogP contribution in [0, 0.1) is 13.8 Å². The standard InChI is InChI=1S/C14H17N5O/c1-9-4-5-12(10(2)6-9)19(3)13-8-16-11(7-17-13)14(15)18-20/h4-8,20H,1-3H3,(H2,15,18). The van der Waals surface area contributed by atoms with E-state index in [0.717, 1.165) is 11.3 Å². The second kappa shape index (κ2) is 5.56. The summed E-state index contributed by atoms with van der Waals surface area (Å²) in [6, 6.07) is 6.21. The molecule has 0 radical (unpaired) electrons. The predicted molar refractivity (Wildman–Crippen MR) is 78.5 cm³/mol. The number of oxime groups is 1. The SMILES string of the molecule is Cc1ccc(N(C)c2cnc(C(N)=NO)cn2)c(C)c1. The number of nitrogens with zero attached hydrogens (tertiary/aromatic N) is 4. The highest BCUT2D eigenvalue weighted by atomic mass is 16.4. The first-order chi connectivity index (χ1) is 9.52. The first kappa shape index (κ1) is 13.8. The minimum atomic E-state index is -0.0572. The van der Waals surface area contributed by atoms with Gasteiger partial charge in [-0.15, -0.1) is 0 Å². The number of hydrogen-bond donors (Lipinski definition) is 2. The summed E-state index contributed by atoms with van der Waals surface area (Å²) in [5.41, 5.74) is 9.23. The van der Waals surface area contributed by atoms with Crippen molar-refractivity contribution in [1.82, 2.24) is 9.97 Å². The third kappa shape index (κ3) is 2.69. The molecule has 0 unspecified atom stereocenters. The van der Waals surface area contributed by atoms with Gasteiger partial charge in [-0.25, -0.2) is 9.97 Å². The zero-order valence-electron chi connectivity index (χ0n) is 11.7. The van der Waals surface area contributed by atoms with Crippen LogP contribution in [-0.2, 0) is 0 Å². The van der Waals surface area contributed by atoms with Crippen LogP contribution in [0.2, 0.25) is 0 Å². The molecule has 6 nitrogen and oxygen atoms in total. The normalized spacial score (nSPS) is 11.4. The molecule has 0 aliphatic heterocycles. The molecule has 0 aliphatic carbocycles. The van der Waals surface area contributed by atoms with Crippen LogP contribution in [-0.4, -0.2) is 28.1 Å². The van der Waals surface area contributed by atoms with Gasteiger partial charge in [-0.05, 0) is 25.5 Å². The van der Waals surface area contributed by atoms with E-state index in [-0.39, 0.29) is 5.84 Å². The topological polar surface area (TPSA) is 87.6 Å². The van der Waals surface area contributed by atoms with E-state index in [1.54, 1.807) is 6.20 Å². The molecule has 0 amide bonds. The molecule has 0 aliphatic rings. The molecule has 2 rings (SSSR count). The fourth-order valence-corrected chi connectivity index (χ4v) is 1.98. The summed E-state index contributed by atoms with van der Waals surface area (Å²) in [5.74, 6) is 0.629. The maximum atomic E-state index is 8.59. The fourth-order valence-electron chi connectivity index (χ4n) is 1.98. The van der Waals surface area contributed by atoms with Crippen LogP contribution in [0.15, 0.2) is 35.7 Å². The van der Waals surface area contributed by atoms with Crippen molar-refractivity contribution in [2.45, 2.75) is 13.8 Å². The number of anilines is 2. The van der Waals surface area contributed by atoms with Crippen molar-refractivity contribution in [1.29, 1.82) is 0 Å². The molecule has 3 N–H and O–H groups in total. The van der Waals surface area contributed by atoms with Crippen molar-refractivity contribution in [3.63, 3.8) is 0 Å². The van der Waals surface area contributed by atoms with Gasteiger partial charge in [0.15, 0.2) is 11.7 Å². The van der Waals surface area contributed by atoms with Gasteiger partial charge in [0, 0.05) is 12.7 Å². The molecule has 0 spiro atoms. The van der Waals surface area contributed by atoms with Gasteiger partial charge in [0.05, 0.1) is 12.4 Å². The van der Waals surface area contributed by atoms with Gasteiger partial charge in [-0.2, -0.15) is 0 Å². The average molecular weight is 271 g/mol.